The lowest BCUT2D eigenvalue weighted by Crippen LogP contribution is -2.41. The number of aromatic hydroxyl groups is 1. The average Bonchev–Trinajstić information content (AvgIpc) is 2.37. The largest absolute Gasteiger partial charge is 0.507 e. The van der Waals surface area contributed by atoms with Gasteiger partial charge in [0.2, 0.25) is 0 Å². The highest BCUT2D eigenvalue weighted by molar-refractivity contribution is 9.10. The van der Waals surface area contributed by atoms with Crippen LogP contribution in [-0.4, -0.2) is 40.1 Å². The predicted molar refractivity (Wildman–Crippen MR) is 77.7 cm³/mol. The van der Waals surface area contributed by atoms with Gasteiger partial charge in [-0.1, -0.05) is 0 Å². The highest BCUT2D eigenvalue weighted by atomic mass is 79.9. The molecule has 5 nitrogen and oxygen atoms in total. The van der Waals surface area contributed by atoms with Crippen molar-refractivity contribution in [2.45, 2.75) is 12.5 Å². The van der Waals surface area contributed by atoms with Crippen LogP contribution < -0.4 is 5.32 Å². The number of phenolic OH excluding ortho intramolecular Hbond substituents is 1. The van der Waals surface area contributed by atoms with Gasteiger partial charge in [-0.2, -0.15) is 11.8 Å². The van der Waals surface area contributed by atoms with Gasteiger partial charge in [-0.3, -0.25) is 4.79 Å². The average molecular weight is 348 g/mol. The summed E-state index contributed by atoms with van der Waals surface area (Å²) in [5.41, 5.74) is 0.219. The molecule has 0 aromatic heterocycles. The summed E-state index contributed by atoms with van der Waals surface area (Å²) in [6, 6.07) is 3.40. The molecule has 0 aliphatic rings. The van der Waals surface area contributed by atoms with Crippen molar-refractivity contribution in [1.82, 2.24) is 5.32 Å². The number of halogens is 1. The molecule has 3 N–H and O–H groups in total. The van der Waals surface area contributed by atoms with Crippen LogP contribution in [0.3, 0.4) is 0 Å². The Morgan fingerprint density at radius 2 is 2.16 bits per heavy atom. The van der Waals surface area contributed by atoms with Gasteiger partial charge in [0.15, 0.2) is 0 Å². The highest BCUT2D eigenvalue weighted by Gasteiger charge is 2.20. The van der Waals surface area contributed by atoms with E-state index in [1.165, 1.54) is 30.0 Å². The second-order valence-corrected chi connectivity index (χ2v) is 5.65. The lowest BCUT2D eigenvalue weighted by molar-refractivity contribution is -0.139. The number of carbonyl (C=O) groups is 2. The predicted octanol–water partition coefficient (Wildman–Crippen LogP) is 2.09. The topological polar surface area (TPSA) is 86.6 Å². The molecule has 0 radical (unpaired) electrons. The van der Waals surface area contributed by atoms with Gasteiger partial charge in [0.05, 0.1) is 4.47 Å². The first-order chi connectivity index (χ1) is 8.95. The van der Waals surface area contributed by atoms with E-state index in [1.54, 1.807) is 0 Å². The standard InChI is InChI=1S/C12H14BrNO4S/c1-19-5-4-9(12(17)18)14-11(16)7-2-3-8(13)10(15)6-7/h2-3,6,9,15H,4-5H2,1H3,(H,14,16)(H,17,18)/t9-/m0/s1. The summed E-state index contributed by atoms with van der Waals surface area (Å²) in [7, 11) is 0. The molecule has 1 amide bonds. The molecule has 104 valence electrons. The van der Waals surface area contributed by atoms with Crippen LogP contribution in [0.5, 0.6) is 5.75 Å². The summed E-state index contributed by atoms with van der Waals surface area (Å²) in [5, 5.41) is 20.9. The second-order valence-electron chi connectivity index (χ2n) is 3.81. The zero-order chi connectivity index (χ0) is 14.4. The maximum Gasteiger partial charge on any atom is 0.326 e. The molecule has 0 unspecified atom stereocenters. The second kappa shape index (κ2) is 7.40. The number of carboxylic acid groups (broad SMARTS) is 1. The fraction of sp³-hybridized carbons (Fsp3) is 0.333. The highest BCUT2D eigenvalue weighted by Crippen LogP contribution is 2.24. The molecule has 7 heteroatoms. The normalized spacial score (nSPS) is 11.9. The Morgan fingerprint density at radius 1 is 1.47 bits per heavy atom. The molecule has 0 saturated heterocycles. The zero-order valence-electron chi connectivity index (χ0n) is 10.2. The van der Waals surface area contributed by atoms with Gasteiger partial charge in [-0.25, -0.2) is 4.79 Å². The van der Waals surface area contributed by atoms with E-state index in [9.17, 15) is 14.7 Å². The number of rotatable bonds is 6. The Kier molecular flexibility index (Phi) is 6.17. The number of carbonyl (C=O) groups excluding carboxylic acids is 1. The van der Waals surface area contributed by atoms with Gasteiger partial charge >= 0.3 is 5.97 Å². The van der Waals surface area contributed by atoms with Crippen LogP contribution in [0.25, 0.3) is 0 Å². The molecule has 0 saturated carbocycles. The van der Waals surface area contributed by atoms with E-state index in [2.05, 4.69) is 21.2 Å². The monoisotopic (exact) mass is 347 g/mol. The van der Waals surface area contributed by atoms with Crippen molar-refractivity contribution >= 4 is 39.6 Å². The maximum absolute atomic E-state index is 11.9. The van der Waals surface area contributed by atoms with Gasteiger partial charge in [-0.15, -0.1) is 0 Å². The maximum atomic E-state index is 11.9. The molecule has 1 aromatic rings. The molecule has 0 heterocycles. The van der Waals surface area contributed by atoms with Gasteiger partial charge in [0.25, 0.3) is 5.91 Å². The summed E-state index contributed by atoms with van der Waals surface area (Å²) in [5.74, 6) is -1.01. The summed E-state index contributed by atoms with van der Waals surface area (Å²) in [4.78, 5) is 22.9. The quantitative estimate of drug-likeness (QED) is 0.733. The number of amides is 1. The van der Waals surface area contributed by atoms with Gasteiger partial charge in [0, 0.05) is 5.56 Å². The molecule has 1 rings (SSSR count). The van der Waals surface area contributed by atoms with E-state index >= 15 is 0 Å². The Morgan fingerprint density at radius 3 is 2.68 bits per heavy atom. The van der Waals surface area contributed by atoms with Crippen molar-refractivity contribution in [2.75, 3.05) is 12.0 Å². The Bertz CT molecular complexity index is 481. The van der Waals surface area contributed by atoms with Gasteiger partial charge in [0.1, 0.15) is 11.8 Å². The number of phenols is 1. The summed E-state index contributed by atoms with van der Waals surface area (Å²) in [6.45, 7) is 0. The molecule has 1 atom stereocenters. The van der Waals surface area contributed by atoms with Crippen LogP contribution in [0, 0.1) is 0 Å². The fourth-order valence-corrected chi connectivity index (χ4v) is 2.11. The lowest BCUT2D eigenvalue weighted by atomic mass is 10.1. The summed E-state index contributed by atoms with van der Waals surface area (Å²) in [6.07, 6.45) is 2.22. The molecule has 1 aromatic carbocycles. The van der Waals surface area contributed by atoms with Crippen LogP contribution in [-0.2, 0) is 4.79 Å². The molecule has 0 aliphatic heterocycles. The molecular weight excluding hydrogens is 334 g/mol. The van der Waals surface area contributed by atoms with E-state index < -0.39 is 17.9 Å². The first-order valence-corrected chi connectivity index (χ1v) is 7.65. The minimum Gasteiger partial charge on any atom is -0.507 e. The number of nitrogens with one attached hydrogen (secondary N) is 1. The van der Waals surface area contributed by atoms with E-state index in [1.807, 2.05) is 6.26 Å². The van der Waals surface area contributed by atoms with Crippen molar-refractivity contribution in [2.24, 2.45) is 0 Å². The smallest absolute Gasteiger partial charge is 0.326 e. The number of benzene rings is 1. The van der Waals surface area contributed by atoms with Crippen LogP contribution in [0.4, 0.5) is 0 Å². The Balaban J connectivity index is 2.75. The van der Waals surface area contributed by atoms with E-state index in [0.29, 0.717) is 16.6 Å². The van der Waals surface area contributed by atoms with Crippen LogP contribution in [0.1, 0.15) is 16.8 Å². The van der Waals surface area contributed by atoms with E-state index in [-0.39, 0.29) is 11.3 Å². The van der Waals surface area contributed by atoms with Crippen LogP contribution in [0.15, 0.2) is 22.7 Å². The molecule has 0 aliphatic carbocycles. The molecular formula is C12H14BrNO4S. The fourth-order valence-electron chi connectivity index (χ4n) is 1.39. The number of thioether (sulfide) groups is 1. The SMILES string of the molecule is CSCC[C@H](NC(=O)c1ccc(Br)c(O)c1)C(=O)O. The van der Waals surface area contributed by atoms with Crippen molar-refractivity contribution in [3.63, 3.8) is 0 Å². The van der Waals surface area contributed by atoms with Crippen molar-refractivity contribution in [1.29, 1.82) is 0 Å². The van der Waals surface area contributed by atoms with Gasteiger partial charge in [-0.05, 0) is 52.6 Å². The minimum absolute atomic E-state index is 0.0661. The Labute approximate surface area is 123 Å². The van der Waals surface area contributed by atoms with Crippen LogP contribution >= 0.6 is 27.7 Å². The molecule has 0 spiro atoms. The van der Waals surface area contributed by atoms with Crippen molar-refractivity contribution < 1.29 is 19.8 Å². The van der Waals surface area contributed by atoms with E-state index in [0.717, 1.165) is 0 Å². The first-order valence-electron chi connectivity index (χ1n) is 5.46. The summed E-state index contributed by atoms with van der Waals surface area (Å²) >= 11 is 4.62. The van der Waals surface area contributed by atoms with Crippen molar-refractivity contribution in [3.05, 3.63) is 28.2 Å². The third-order valence-corrected chi connectivity index (χ3v) is 3.74. The zero-order valence-corrected chi connectivity index (χ0v) is 12.6. The molecule has 0 bridgehead atoms. The number of hydrogen-bond acceptors (Lipinski definition) is 4. The van der Waals surface area contributed by atoms with Crippen molar-refractivity contribution in [3.8, 4) is 5.75 Å². The first kappa shape index (κ1) is 15.8. The number of hydrogen-bond donors (Lipinski definition) is 3. The van der Waals surface area contributed by atoms with E-state index in [4.69, 9.17) is 5.11 Å². The Hall–Kier alpha value is -1.21. The third-order valence-electron chi connectivity index (χ3n) is 2.42. The molecule has 0 fully saturated rings. The summed E-state index contributed by atoms with van der Waals surface area (Å²) < 4.78 is 0.473. The number of aliphatic carboxylic acids is 1. The third kappa shape index (κ3) is 4.76. The number of carboxylic acids is 1. The minimum atomic E-state index is -1.07. The van der Waals surface area contributed by atoms with Crippen LogP contribution in [0.2, 0.25) is 0 Å². The lowest BCUT2D eigenvalue weighted by Gasteiger charge is -2.14. The van der Waals surface area contributed by atoms with Gasteiger partial charge < -0.3 is 15.5 Å². The molecule has 19 heavy (non-hydrogen) atoms.